The summed E-state index contributed by atoms with van der Waals surface area (Å²) in [5.74, 6) is -1.31. The second kappa shape index (κ2) is 5.56. The third kappa shape index (κ3) is 3.34. The molecule has 1 fully saturated rings. The maximum Gasteiger partial charge on any atom is 0.308 e. The van der Waals surface area contributed by atoms with E-state index in [-0.39, 0.29) is 18.2 Å². The van der Waals surface area contributed by atoms with Gasteiger partial charge in [-0.1, -0.05) is 12.1 Å². The van der Waals surface area contributed by atoms with Crippen molar-refractivity contribution >= 4 is 18.0 Å². The van der Waals surface area contributed by atoms with Crippen LogP contribution in [0.2, 0.25) is 0 Å². The zero-order valence-corrected chi connectivity index (χ0v) is 10.3. The molecule has 0 bridgehead atoms. The van der Waals surface area contributed by atoms with E-state index in [2.05, 4.69) is 0 Å². The number of rotatable bonds is 3. The van der Waals surface area contributed by atoms with E-state index in [0.717, 1.165) is 5.56 Å². The van der Waals surface area contributed by atoms with Gasteiger partial charge in [0, 0.05) is 19.2 Å². The third-order valence-electron chi connectivity index (χ3n) is 3.16. The number of phenolic OH excluding ortho intramolecular Hbond substituents is 1. The molecule has 1 atom stereocenters. The maximum atomic E-state index is 11.9. The van der Waals surface area contributed by atoms with Crippen molar-refractivity contribution in [1.29, 1.82) is 0 Å². The minimum absolute atomic E-state index is 0.173. The number of aliphatic carboxylic acids is 1. The Morgan fingerprint density at radius 3 is 2.53 bits per heavy atom. The number of aromatic hydroxyl groups is 1. The summed E-state index contributed by atoms with van der Waals surface area (Å²) in [6.07, 6.45) is 3.58. The van der Waals surface area contributed by atoms with Crippen molar-refractivity contribution < 1.29 is 19.8 Å². The molecular weight excluding hydrogens is 246 g/mol. The van der Waals surface area contributed by atoms with Crippen molar-refractivity contribution in [3.05, 3.63) is 35.9 Å². The van der Waals surface area contributed by atoms with Gasteiger partial charge in [0.05, 0.1) is 5.92 Å². The lowest BCUT2D eigenvalue weighted by Gasteiger charge is -2.12. The molecule has 1 unspecified atom stereocenters. The zero-order valence-electron chi connectivity index (χ0n) is 10.3. The lowest BCUT2D eigenvalue weighted by atomic mass is 10.1. The summed E-state index contributed by atoms with van der Waals surface area (Å²) < 4.78 is 0. The number of carbonyl (C=O) groups excluding carboxylic acids is 1. The van der Waals surface area contributed by atoms with E-state index in [9.17, 15) is 9.59 Å². The highest BCUT2D eigenvalue weighted by Gasteiger charge is 2.29. The molecule has 2 N–H and O–H groups in total. The molecule has 1 saturated heterocycles. The van der Waals surface area contributed by atoms with E-state index in [4.69, 9.17) is 10.2 Å². The first kappa shape index (κ1) is 13.1. The summed E-state index contributed by atoms with van der Waals surface area (Å²) in [7, 11) is 0. The van der Waals surface area contributed by atoms with E-state index in [1.165, 1.54) is 11.0 Å². The monoisotopic (exact) mass is 261 g/mol. The smallest absolute Gasteiger partial charge is 0.308 e. The number of nitrogens with zero attached hydrogens (tertiary/aromatic N) is 1. The highest BCUT2D eigenvalue weighted by molar-refractivity contribution is 5.92. The Morgan fingerprint density at radius 2 is 1.95 bits per heavy atom. The van der Waals surface area contributed by atoms with Gasteiger partial charge in [-0.25, -0.2) is 0 Å². The number of benzene rings is 1. The van der Waals surface area contributed by atoms with Crippen LogP contribution in [-0.2, 0) is 9.59 Å². The lowest BCUT2D eigenvalue weighted by molar-refractivity contribution is -0.141. The van der Waals surface area contributed by atoms with Gasteiger partial charge >= 0.3 is 5.97 Å². The number of likely N-dealkylation sites (tertiary alicyclic amines) is 1. The van der Waals surface area contributed by atoms with Gasteiger partial charge < -0.3 is 15.1 Å². The highest BCUT2D eigenvalue weighted by atomic mass is 16.4. The van der Waals surface area contributed by atoms with Crippen LogP contribution in [0.25, 0.3) is 6.08 Å². The molecule has 100 valence electrons. The molecule has 0 spiro atoms. The summed E-state index contributed by atoms with van der Waals surface area (Å²) in [5.41, 5.74) is 0.806. The molecule has 5 nitrogen and oxygen atoms in total. The minimum Gasteiger partial charge on any atom is -0.508 e. The standard InChI is InChI=1S/C14H15NO4/c16-12-4-1-10(2-5-12)3-6-13(17)15-8-7-11(9-15)14(18)19/h1-6,11,16H,7-9H2,(H,18,19). The molecule has 0 aromatic heterocycles. The molecule has 1 amide bonds. The van der Waals surface area contributed by atoms with E-state index >= 15 is 0 Å². The second-order valence-electron chi connectivity index (χ2n) is 4.53. The minimum atomic E-state index is -0.849. The molecular formula is C14H15NO4. The molecule has 0 radical (unpaired) electrons. The van der Waals surface area contributed by atoms with Crippen molar-refractivity contribution in [2.24, 2.45) is 5.92 Å². The number of carboxylic acid groups (broad SMARTS) is 1. The molecule has 0 aliphatic carbocycles. The number of carbonyl (C=O) groups is 2. The Morgan fingerprint density at radius 1 is 1.26 bits per heavy atom. The lowest BCUT2D eigenvalue weighted by Crippen LogP contribution is -2.28. The topological polar surface area (TPSA) is 77.8 Å². The van der Waals surface area contributed by atoms with Crippen molar-refractivity contribution in [2.75, 3.05) is 13.1 Å². The molecule has 1 aliphatic rings. The molecule has 1 aromatic carbocycles. The van der Waals surface area contributed by atoms with Crippen LogP contribution in [0.4, 0.5) is 0 Å². The molecule has 19 heavy (non-hydrogen) atoms. The average Bonchev–Trinajstić information content (AvgIpc) is 2.87. The van der Waals surface area contributed by atoms with Crippen LogP contribution in [0.15, 0.2) is 30.3 Å². The number of carboxylic acids is 1. The normalized spacial score (nSPS) is 18.9. The largest absolute Gasteiger partial charge is 0.508 e. The van der Waals surface area contributed by atoms with Crippen LogP contribution in [0.5, 0.6) is 5.75 Å². The van der Waals surface area contributed by atoms with Crippen molar-refractivity contribution in [2.45, 2.75) is 6.42 Å². The molecule has 2 rings (SSSR count). The zero-order chi connectivity index (χ0) is 13.8. The van der Waals surface area contributed by atoms with E-state index in [1.807, 2.05) is 0 Å². The number of hydrogen-bond acceptors (Lipinski definition) is 3. The highest BCUT2D eigenvalue weighted by Crippen LogP contribution is 2.17. The molecule has 1 heterocycles. The fourth-order valence-corrected chi connectivity index (χ4v) is 2.02. The Bertz CT molecular complexity index is 507. The van der Waals surface area contributed by atoms with Crippen molar-refractivity contribution in [3.63, 3.8) is 0 Å². The quantitative estimate of drug-likeness (QED) is 0.805. The summed E-state index contributed by atoms with van der Waals surface area (Å²) in [6, 6.07) is 6.48. The van der Waals surface area contributed by atoms with Gasteiger partial charge in [0.25, 0.3) is 0 Å². The van der Waals surface area contributed by atoms with Crippen molar-refractivity contribution in [3.8, 4) is 5.75 Å². The maximum absolute atomic E-state index is 11.9. The summed E-state index contributed by atoms with van der Waals surface area (Å²) in [6.45, 7) is 0.754. The Hall–Kier alpha value is -2.30. The summed E-state index contributed by atoms with van der Waals surface area (Å²) in [5, 5.41) is 18.0. The van der Waals surface area contributed by atoms with Gasteiger partial charge in [0.1, 0.15) is 5.75 Å². The first-order valence-corrected chi connectivity index (χ1v) is 6.05. The first-order chi connectivity index (χ1) is 9.06. The van der Waals surface area contributed by atoms with Gasteiger partial charge in [-0.2, -0.15) is 0 Å². The molecule has 0 saturated carbocycles. The van der Waals surface area contributed by atoms with Gasteiger partial charge in [-0.05, 0) is 30.2 Å². The SMILES string of the molecule is O=C(O)C1CCN(C(=O)C=Cc2ccc(O)cc2)C1. The van der Waals surface area contributed by atoms with E-state index in [1.54, 1.807) is 30.3 Å². The van der Waals surface area contributed by atoms with Crippen LogP contribution < -0.4 is 0 Å². The van der Waals surface area contributed by atoms with Crippen LogP contribution in [0.3, 0.4) is 0 Å². The predicted molar refractivity (Wildman–Crippen MR) is 69.5 cm³/mol. The average molecular weight is 261 g/mol. The van der Waals surface area contributed by atoms with Crippen LogP contribution in [-0.4, -0.2) is 40.1 Å². The molecule has 5 heteroatoms. The predicted octanol–water partition coefficient (Wildman–Crippen LogP) is 1.34. The Balaban J connectivity index is 1.94. The first-order valence-electron chi connectivity index (χ1n) is 6.05. The third-order valence-corrected chi connectivity index (χ3v) is 3.16. The van der Waals surface area contributed by atoms with Gasteiger partial charge in [0.15, 0.2) is 0 Å². The molecule has 1 aromatic rings. The number of phenols is 1. The second-order valence-corrected chi connectivity index (χ2v) is 4.53. The van der Waals surface area contributed by atoms with E-state index < -0.39 is 11.9 Å². The number of hydrogen-bond donors (Lipinski definition) is 2. The van der Waals surface area contributed by atoms with Gasteiger partial charge in [-0.15, -0.1) is 0 Å². The van der Waals surface area contributed by atoms with Crippen LogP contribution >= 0.6 is 0 Å². The van der Waals surface area contributed by atoms with Crippen LogP contribution in [0, 0.1) is 5.92 Å². The summed E-state index contributed by atoms with van der Waals surface area (Å²) >= 11 is 0. The van der Waals surface area contributed by atoms with Gasteiger partial charge in [0.2, 0.25) is 5.91 Å². The van der Waals surface area contributed by atoms with Crippen molar-refractivity contribution in [1.82, 2.24) is 4.90 Å². The Labute approximate surface area is 110 Å². The Kier molecular flexibility index (Phi) is 3.85. The van der Waals surface area contributed by atoms with Gasteiger partial charge in [-0.3, -0.25) is 9.59 Å². The van der Waals surface area contributed by atoms with E-state index in [0.29, 0.717) is 13.0 Å². The molecule has 1 aliphatic heterocycles. The van der Waals surface area contributed by atoms with Crippen LogP contribution in [0.1, 0.15) is 12.0 Å². The number of amides is 1. The summed E-state index contributed by atoms with van der Waals surface area (Å²) in [4.78, 5) is 24.2. The fraction of sp³-hybridized carbons (Fsp3) is 0.286. The fourth-order valence-electron chi connectivity index (χ4n) is 2.02.